The lowest BCUT2D eigenvalue weighted by atomic mass is 9.86. The zero-order valence-corrected chi connectivity index (χ0v) is 29.7. The molecule has 0 radical (unpaired) electrons. The summed E-state index contributed by atoms with van der Waals surface area (Å²) in [6.07, 6.45) is 1.48. The van der Waals surface area contributed by atoms with Gasteiger partial charge in [0.2, 0.25) is 0 Å². The van der Waals surface area contributed by atoms with Gasteiger partial charge in [-0.05, 0) is 89.0 Å². The van der Waals surface area contributed by atoms with Gasteiger partial charge in [0.05, 0.1) is 6.04 Å². The molecule has 258 valence electrons. The van der Waals surface area contributed by atoms with Crippen LogP contribution in [0.2, 0.25) is 0 Å². The smallest absolute Gasteiger partial charge is 0.333 e. The Morgan fingerprint density at radius 3 is 1.74 bits per heavy atom. The fourth-order valence-corrected chi connectivity index (χ4v) is 7.33. The zero-order chi connectivity index (χ0) is 35.0. The van der Waals surface area contributed by atoms with Gasteiger partial charge in [0.15, 0.2) is 6.10 Å². The lowest BCUT2D eigenvalue weighted by molar-refractivity contribution is -0.149. The van der Waals surface area contributed by atoms with Crippen molar-refractivity contribution in [3.63, 3.8) is 0 Å². The molecule has 0 spiro atoms. The Bertz CT molecular complexity index is 1760. The number of hydrogen-bond acceptors (Lipinski definition) is 4. The summed E-state index contributed by atoms with van der Waals surface area (Å²) in [6, 6.07) is 43.6. The van der Waals surface area contributed by atoms with Crippen LogP contribution in [0, 0.1) is 0 Å². The molecular formula is C45H49NO4. The molecule has 6 rings (SSSR count). The Morgan fingerprint density at radius 2 is 1.26 bits per heavy atom. The van der Waals surface area contributed by atoms with E-state index < -0.39 is 12.1 Å². The van der Waals surface area contributed by atoms with Crippen LogP contribution in [-0.4, -0.2) is 48.9 Å². The van der Waals surface area contributed by atoms with Crippen LogP contribution < -0.4 is 4.74 Å². The molecule has 0 aliphatic heterocycles. The van der Waals surface area contributed by atoms with E-state index in [0.29, 0.717) is 31.5 Å². The second kappa shape index (κ2) is 16.3. The van der Waals surface area contributed by atoms with Crippen LogP contribution in [0.15, 0.2) is 121 Å². The maximum atomic E-state index is 11.5. The summed E-state index contributed by atoms with van der Waals surface area (Å²) in [5.74, 6) is 0.457. The predicted molar refractivity (Wildman–Crippen MR) is 201 cm³/mol. The number of aryl methyl sites for hydroxylation is 2. The van der Waals surface area contributed by atoms with Gasteiger partial charge in [0.25, 0.3) is 0 Å². The molecule has 3 atom stereocenters. The summed E-state index contributed by atoms with van der Waals surface area (Å²) in [5.41, 5.74) is 11.8. The maximum Gasteiger partial charge on any atom is 0.333 e. The first-order chi connectivity index (χ1) is 24.3. The standard InChI is InChI=1S/C45H49NO4/c1-5-49-43(45(47)48)28-33-16-22-40(23-17-33)50-27-26-46(4)44-41-24-20-36(31(2)34-12-8-6-9-13-34)29-38(41)18-19-39-30-37(21-25-42(39)44)32(3)35-14-10-7-11-15-35/h6-17,20-25,29-32,43-44H,5,18-19,26-28H2,1-4H3,(H,47,48). The third-order valence-corrected chi connectivity index (χ3v) is 10.3. The number of likely N-dealkylation sites (N-methyl/N-ethyl adjacent to an activating group) is 1. The third-order valence-electron chi connectivity index (χ3n) is 10.3. The fraction of sp³-hybridized carbons (Fsp3) is 0.311. The first-order valence-electron chi connectivity index (χ1n) is 17.9. The highest BCUT2D eigenvalue weighted by molar-refractivity contribution is 5.72. The van der Waals surface area contributed by atoms with E-state index in [4.69, 9.17) is 9.47 Å². The molecule has 50 heavy (non-hydrogen) atoms. The average molecular weight is 668 g/mol. The molecule has 0 saturated carbocycles. The molecule has 0 aromatic heterocycles. The Morgan fingerprint density at radius 1 is 0.740 bits per heavy atom. The first-order valence-corrected chi connectivity index (χ1v) is 17.9. The van der Waals surface area contributed by atoms with Gasteiger partial charge >= 0.3 is 5.97 Å². The van der Waals surface area contributed by atoms with Crippen molar-refractivity contribution in [1.29, 1.82) is 0 Å². The van der Waals surface area contributed by atoms with Gasteiger partial charge in [-0.3, -0.25) is 4.90 Å². The molecule has 0 amide bonds. The van der Waals surface area contributed by atoms with Crippen molar-refractivity contribution in [1.82, 2.24) is 4.90 Å². The summed E-state index contributed by atoms with van der Waals surface area (Å²) in [5, 5.41) is 9.45. The van der Waals surface area contributed by atoms with Gasteiger partial charge in [-0.25, -0.2) is 4.79 Å². The number of carboxylic acid groups (broad SMARTS) is 1. The molecule has 5 aromatic carbocycles. The maximum absolute atomic E-state index is 11.5. The molecule has 0 fully saturated rings. The number of ether oxygens (including phenoxy) is 2. The van der Waals surface area contributed by atoms with Gasteiger partial charge < -0.3 is 14.6 Å². The largest absolute Gasteiger partial charge is 0.492 e. The van der Waals surface area contributed by atoms with E-state index in [2.05, 4.69) is 123 Å². The van der Waals surface area contributed by atoms with Crippen LogP contribution in [0.25, 0.3) is 0 Å². The van der Waals surface area contributed by atoms with Crippen molar-refractivity contribution in [2.45, 2.75) is 64.0 Å². The Balaban J connectivity index is 1.24. The highest BCUT2D eigenvalue weighted by Crippen LogP contribution is 2.39. The van der Waals surface area contributed by atoms with Crippen LogP contribution in [0.5, 0.6) is 5.75 Å². The van der Waals surface area contributed by atoms with Crippen molar-refractivity contribution >= 4 is 5.97 Å². The van der Waals surface area contributed by atoms with Crippen LogP contribution in [-0.2, 0) is 28.8 Å². The van der Waals surface area contributed by atoms with Gasteiger partial charge in [0, 0.05) is 31.4 Å². The van der Waals surface area contributed by atoms with Gasteiger partial charge in [0.1, 0.15) is 12.4 Å². The minimum Gasteiger partial charge on any atom is -0.492 e. The minimum absolute atomic E-state index is 0.0992. The topological polar surface area (TPSA) is 59.0 Å². The number of nitrogens with zero attached hydrogens (tertiary/aromatic N) is 1. The van der Waals surface area contributed by atoms with Gasteiger partial charge in [-0.1, -0.05) is 123 Å². The van der Waals surface area contributed by atoms with Crippen LogP contribution in [0.3, 0.4) is 0 Å². The Kier molecular flexibility index (Phi) is 11.5. The number of carboxylic acids is 1. The number of benzene rings is 5. The van der Waals surface area contributed by atoms with E-state index >= 15 is 0 Å². The molecule has 1 aliphatic carbocycles. The summed E-state index contributed by atoms with van der Waals surface area (Å²) in [4.78, 5) is 14.0. The highest BCUT2D eigenvalue weighted by atomic mass is 16.5. The monoisotopic (exact) mass is 667 g/mol. The van der Waals surface area contributed by atoms with E-state index in [1.807, 2.05) is 31.2 Å². The summed E-state index contributed by atoms with van der Waals surface area (Å²) >= 11 is 0. The van der Waals surface area contributed by atoms with E-state index in [0.717, 1.165) is 30.7 Å². The van der Waals surface area contributed by atoms with Crippen molar-refractivity contribution in [3.05, 3.63) is 171 Å². The first kappa shape index (κ1) is 35.1. The molecular weight excluding hydrogens is 618 g/mol. The second-order valence-electron chi connectivity index (χ2n) is 13.5. The molecule has 5 heteroatoms. The Labute approximate surface area is 297 Å². The number of carbonyl (C=O) groups is 1. The van der Waals surface area contributed by atoms with Crippen LogP contribution >= 0.6 is 0 Å². The predicted octanol–water partition coefficient (Wildman–Crippen LogP) is 9.22. The molecule has 0 saturated heterocycles. The van der Waals surface area contributed by atoms with Crippen molar-refractivity contribution in [2.75, 3.05) is 26.8 Å². The van der Waals surface area contributed by atoms with Crippen molar-refractivity contribution in [2.24, 2.45) is 0 Å². The molecule has 5 aromatic rings. The van der Waals surface area contributed by atoms with E-state index in [9.17, 15) is 9.90 Å². The minimum atomic E-state index is -0.944. The van der Waals surface area contributed by atoms with E-state index in [1.54, 1.807) is 0 Å². The quantitative estimate of drug-likeness (QED) is 0.128. The number of rotatable bonds is 14. The number of aliphatic carboxylic acids is 1. The molecule has 1 N–H and O–H groups in total. The highest BCUT2D eigenvalue weighted by Gasteiger charge is 2.28. The number of hydrogen-bond donors (Lipinski definition) is 1. The normalized spacial score (nSPS) is 15.7. The van der Waals surface area contributed by atoms with Crippen molar-refractivity contribution < 1.29 is 19.4 Å². The summed E-state index contributed by atoms with van der Waals surface area (Å²) < 4.78 is 11.6. The summed E-state index contributed by atoms with van der Waals surface area (Å²) in [6.45, 7) is 8.04. The molecule has 3 unspecified atom stereocenters. The van der Waals surface area contributed by atoms with Gasteiger partial charge in [-0.15, -0.1) is 0 Å². The van der Waals surface area contributed by atoms with E-state index in [-0.39, 0.29) is 6.04 Å². The average Bonchev–Trinajstić information content (AvgIpc) is 3.31. The van der Waals surface area contributed by atoms with Crippen LogP contribution in [0.4, 0.5) is 0 Å². The van der Waals surface area contributed by atoms with Crippen LogP contribution in [0.1, 0.15) is 88.7 Å². The third kappa shape index (κ3) is 8.18. The number of fused-ring (bicyclic) bond motifs is 2. The summed E-state index contributed by atoms with van der Waals surface area (Å²) in [7, 11) is 2.21. The molecule has 5 nitrogen and oxygen atoms in total. The van der Waals surface area contributed by atoms with E-state index in [1.165, 1.54) is 44.5 Å². The molecule has 0 bridgehead atoms. The molecule has 0 heterocycles. The lowest BCUT2D eigenvalue weighted by Gasteiger charge is -2.31. The lowest BCUT2D eigenvalue weighted by Crippen LogP contribution is -2.30. The SMILES string of the molecule is CCOC(Cc1ccc(OCCN(C)C2c3ccc(C(C)c4ccccc4)cc3CCc3cc(C(C)c4ccccc4)ccc32)cc1)C(=O)O. The second-order valence-corrected chi connectivity index (χ2v) is 13.5. The zero-order valence-electron chi connectivity index (χ0n) is 29.7. The Hall–Kier alpha value is -4.71. The van der Waals surface area contributed by atoms with Gasteiger partial charge in [-0.2, -0.15) is 0 Å². The fourth-order valence-electron chi connectivity index (χ4n) is 7.33. The molecule has 1 aliphatic rings. The van der Waals surface area contributed by atoms with Crippen molar-refractivity contribution in [3.8, 4) is 5.75 Å².